The molecule has 0 aliphatic rings. The summed E-state index contributed by atoms with van der Waals surface area (Å²) in [4.78, 5) is 12.6. The Hall–Kier alpha value is -2.78. The van der Waals surface area contributed by atoms with Gasteiger partial charge in [-0.05, 0) is 42.8 Å². The number of carbonyl (C=O) groups excluding carboxylic acids is 1. The number of fused-ring (bicyclic) bond motifs is 3. The van der Waals surface area contributed by atoms with Gasteiger partial charge in [0, 0.05) is 34.0 Å². The van der Waals surface area contributed by atoms with Gasteiger partial charge in [-0.15, -0.1) is 0 Å². The largest absolute Gasteiger partial charge is 0.340 e. The van der Waals surface area contributed by atoms with Crippen LogP contribution < -0.4 is 5.32 Å². The molecule has 1 N–H and O–H groups in total. The smallest absolute Gasteiger partial charge is 0.257 e. The van der Waals surface area contributed by atoms with Crippen molar-refractivity contribution >= 4 is 45.0 Å². The Morgan fingerprint density at radius 1 is 0.929 bits per heavy atom. The number of para-hydroxylation sites is 1. The predicted octanol–water partition coefficient (Wildman–Crippen LogP) is 6.89. The van der Waals surface area contributed by atoms with Crippen LogP contribution in [0.15, 0.2) is 66.7 Å². The minimum absolute atomic E-state index is 0.198. The standard InChI is InChI=1S/C24H23ClN2O/c1-2-3-8-15-27-22-12-7-5-9-18(22)20-16-17(13-14-23(20)27)26-24(28)19-10-4-6-11-21(19)25/h4-7,9-14,16H,2-3,8,15H2,1H3,(H,26,28). The van der Waals surface area contributed by atoms with Crippen molar-refractivity contribution in [2.45, 2.75) is 32.7 Å². The predicted molar refractivity (Wildman–Crippen MR) is 118 cm³/mol. The van der Waals surface area contributed by atoms with Crippen LogP contribution in [0.3, 0.4) is 0 Å². The molecule has 28 heavy (non-hydrogen) atoms. The third kappa shape index (κ3) is 3.50. The van der Waals surface area contributed by atoms with Crippen molar-refractivity contribution in [3.8, 4) is 0 Å². The van der Waals surface area contributed by atoms with E-state index in [1.165, 1.54) is 29.3 Å². The number of benzene rings is 3. The van der Waals surface area contributed by atoms with Gasteiger partial charge in [0.25, 0.3) is 5.91 Å². The van der Waals surface area contributed by atoms with Gasteiger partial charge in [-0.2, -0.15) is 0 Å². The van der Waals surface area contributed by atoms with Crippen molar-refractivity contribution in [3.63, 3.8) is 0 Å². The van der Waals surface area contributed by atoms with Gasteiger partial charge in [0.05, 0.1) is 10.6 Å². The highest BCUT2D eigenvalue weighted by Crippen LogP contribution is 2.31. The molecule has 0 bridgehead atoms. The maximum atomic E-state index is 12.6. The zero-order chi connectivity index (χ0) is 19.5. The Bertz CT molecular complexity index is 1150. The number of anilines is 1. The Labute approximate surface area is 169 Å². The Morgan fingerprint density at radius 2 is 1.68 bits per heavy atom. The van der Waals surface area contributed by atoms with Crippen LogP contribution in [0.1, 0.15) is 36.5 Å². The molecule has 4 rings (SSSR count). The van der Waals surface area contributed by atoms with E-state index in [1.54, 1.807) is 12.1 Å². The monoisotopic (exact) mass is 390 g/mol. The fourth-order valence-corrected chi connectivity index (χ4v) is 3.96. The van der Waals surface area contributed by atoms with Crippen molar-refractivity contribution in [1.82, 2.24) is 4.57 Å². The molecule has 0 saturated carbocycles. The number of nitrogens with zero attached hydrogens (tertiary/aromatic N) is 1. The maximum absolute atomic E-state index is 12.6. The van der Waals surface area contributed by atoms with Gasteiger partial charge in [0.2, 0.25) is 0 Å². The molecule has 0 fully saturated rings. The number of amides is 1. The lowest BCUT2D eigenvalue weighted by atomic mass is 10.1. The normalized spacial score (nSPS) is 11.2. The summed E-state index contributed by atoms with van der Waals surface area (Å²) in [5.74, 6) is -0.198. The first kappa shape index (κ1) is 18.6. The van der Waals surface area contributed by atoms with E-state index in [0.717, 1.165) is 24.0 Å². The minimum Gasteiger partial charge on any atom is -0.340 e. The number of aromatic nitrogens is 1. The third-order valence-corrected chi connectivity index (χ3v) is 5.46. The molecule has 0 spiro atoms. The lowest BCUT2D eigenvalue weighted by Crippen LogP contribution is -2.12. The van der Waals surface area contributed by atoms with Crippen LogP contribution in [0.4, 0.5) is 5.69 Å². The number of carbonyl (C=O) groups is 1. The highest BCUT2D eigenvalue weighted by molar-refractivity contribution is 6.34. The van der Waals surface area contributed by atoms with E-state index in [2.05, 4.69) is 53.2 Å². The zero-order valence-corrected chi connectivity index (χ0v) is 16.7. The van der Waals surface area contributed by atoms with Crippen LogP contribution >= 0.6 is 11.6 Å². The van der Waals surface area contributed by atoms with Crippen LogP contribution in [0.2, 0.25) is 5.02 Å². The first-order valence-electron chi connectivity index (χ1n) is 9.76. The summed E-state index contributed by atoms with van der Waals surface area (Å²) in [5, 5.41) is 5.80. The SMILES string of the molecule is CCCCCn1c2ccccc2c2cc(NC(=O)c3ccccc3Cl)ccc21. The average Bonchev–Trinajstić information content (AvgIpc) is 3.02. The molecule has 0 aliphatic heterocycles. The topological polar surface area (TPSA) is 34.0 Å². The van der Waals surface area contributed by atoms with E-state index in [9.17, 15) is 4.79 Å². The highest BCUT2D eigenvalue weighted by Gasteiger charge is 2.13. The van der Waals surface area contributed by atoms with E-state index in [-0.39, 0.29) is 5.91 Å². The summed E-state index contributed by atoms with van der Waals surface area (Å²) >= 11 is 6.16. The molecular weight excluding hydrogens is 368 g/mol. The van der Waals surface area contributed by atoms with Gasteiger partial charge in [0.1, 0.15) is 0 Å². The van der Waals surface area contributed by atoms with Gasteiger partial charge >= 0.3 is 0 Å². The number of unbranched alkanes of at least 4 members (excludes halogenated alkanes) is 2. The van der Waals surface area contributed by atoms with Crippen molar-refractivity contribution in [2.24, 2.45) is 0 Å². The molecule has 0 saturated heterocycles. The lowest BCUT2D eigenvalue weighted by molar-refractivity contribution is 0.102. The molecular formula is C24H23ClN2O. The van der Waals surface area contributed by atoms with E-state index in [0.29, 0.717) is 10.6 Å². The van der Waals surface area contributed by atoms with Crippen molar-refractivity contribution in [1.29, 1.82) is 0 Å². The van der Waals surface area contributed by atoms with Crippen molar-refractivity contribution < 1.29 is 4.79 Å². The second kappa shape index (κ2) is 8.07. The quantitative estimate of drug-likeness (QED) is 0.357. The zero-order valence-electron chi connectivity index (χ0n) is 15.9. The van der Waals surface area contributed by atoms with Crippen LogP contribution in [0.5, 0.6) is 0 Å². The highest BCUT2D eigenvalue weighted by atomic mass is 35.5. The average molecular weight is 391 g/mol. The molecule has 1 aromatic heterocycles. The fourth-order valence-electron chi connectivity index (χ4n) is 3.74. The Balaban J connectivity index is 1.72. The lowest BCUT2D eigenvalue weighted by Gasteiger charge is -2.09. The van der Waals surface area contributed by atoms with Gasteiger partial charge in [0.15, 0.2) is 0 Å². The second-order valence-electron chi connectivity index (χ2n) is 7.04. The number of hydrogen-bond donors (Lipinski definition) is 1. The van der Waals surface area contributed by atoms with Crippen LogP contribution in [-0.4, -0.2) is 10.5 Å². The van der Waals surface area contributed by atoms with Gasteiger partial charge < -0.3 is 9.88 Å². The Kier molecular flexibility index (Phi) is 5.36. The maximum Gasteiger partial charge on any atom is 0.257 e. The number of nitrogens with one attached hydrogen (secondary N) is 1. The van der Waals surface area contributed by atoms with Gasteiger partial charge in [-0.1, -0.05) is 61.7 Å². The summed E-state index contributed by atoms with van der Waals surface area (Å²) in [6.07, 6.45) is 3.59. The molecule has 1 heterocycles. The number of rotatable bonds is 6. The van der Waals surface area contributed by atoms with Gasteiger partial charge in [-0.25, -0.2) is 0 Å². The minimum atomic E-state index is -0.198. The fraction of sp³-hybridized carbons (Fsp3) is 0.208. The molecule has 3 nitrogen and oxygen atoms in total. The third-order valence-electron chi connectivity index (χ3n) is 5.13. The molecule has 3 aromatic carbocycles. The number of hydrogen-bond acceptors (Lipinski definition) is 1. The molecule has 0 aliphatic carbocycles. The molecule has 0 unspecified atom stereocenters. The molecule has 1 amide bonds. The number of halogens is 1. The summed E-state index contributed by atoms with van der Waals surface area (Å²) in [5.41, 5.74) is 3.69. The Morgan fingerprint density at radius 3 is 2.50 bits per heavy atom. The van der Waals surface area contributed by atoms with E-state index < -0.39 is 0 Å². The van der Waals surface area contributed by atoms with E-state index in [1.807, 2.05) is 18.2 Å². The van der Waals surface area contributed by atoms with Crippen molar-refractivity contribution in [3.05, 3.63) is 77.3 Å². The summed E-state index contributed by atoms with van der Waals surface area (Å²) in [6.45, 7) is 3.23. The van der Waals surface area contributed by atoms with Crippen LogP contribution in [-0.2, 0) is 6.54 Å². The van der Waals surface area contributed by atoms with Crippen LogP contribution in [0, 0.1) is 0 Å². The molecule has 4 aromatic rings. The molecule has 142 valence electrons. The van der Waals surface area contributed by atoms with Crippen molar-refractivity contribution in [2.75, 3.05) is 5.32 Å². The van der Waals surface area contributed by atoms with Crippen LogP contribution in [0.25, 0.3) is 21.8 Å². The molecule has 0 atom stereocenters. The second-order valence-corrected chi connectivity index (χ2v) is 7.45. The summed E-state index contributed by atoms with van der Waals surface area (Å²) < 4.78 is 2.39. The van der Waals surface area contributed by atoms with Gasteiger partial charge in [-0.3, -0.25) is 4.79 Å². The molecule has 4 heteroatoms. The van der Waals surface area contributed by atoms with E-state index in [4.69, 9.17) is 11.6 Å². The van der Waals surface area contributed by atoms with E-state index >= 15 is 0 Å². The summed E-state index contributed by atoms with van der Waals surface area (Å²) in [6, 6.07) is 21.7. The first-order chi connectivity index (χ1) is 13.7. The number of aryl methyl sites for hydroxylation is 1. The summed E-state index contributed by atoms with van der Waals surface area (Å²) in [7, 11) is 0. The molecule has 0 radical (unpaired) electrons. The first-order valence-corrected chi connectivity index (χ1v) is 10.1.